The molecule has 1 saturated carbocycles. The molecule has 0 unspecified atom stereocenters. The summed E-state index contributed by atoms with van der Waals surface area (Å²) < 4.78 is 5.01. The van der Waals surface area contributed by atoms with E-state index in [1.54, 1.807) is 0 Å². The number of halogens is 1. The molecule has 0 aliphatic heterocycles. The van der Waals surface area contributed by atoms with Gasteiger partial charge in [0.05, 0.1) is 6.61 Å². The van der Waals surface area contributed by atoms with E-state index in [1.807, 2.05) is 0 Å². The van der Waals surface area contributed by atoms with E-state index in [2.05, 4.69) is 21.2 Å². The van der Waals surface area contributed by atoms with Crippen molar-refractivity contribution in [1.29, 1.82) is 0 Å². The average molecular weight is 264 g/mol. The number of amides is 1. The fraction of sp³-hybridized carbons (Fsp3) is 0.900. The molecule has 1 fully saturated rings. The van der Waals surface area contributed by atoms with Crippen LogP contribution in [0.1, 0.15) is 38.5 Å². The number of carbonyl (C=O) groups is 1. The van der Waals surface area contributed by atoms with E-state index in [1.165, 1.54) is 19.3 Å². The highest BCUT2D eigenvalue weighted by Gasteiger charge is 2.15. The lowest BCUT2D eigenvalue weighted by Gasteiger charge is -2.22. The van der Waals surface area contributed by atoms with Gasteiger partial charge in [-0.3, -0.25) is 0 Å². The molecule has 1 amide bonds. The van der Waals surface area contributed by atoms with Crippen LogP contribution in [0.15, 0.2) is 0 Å². The Hall–Kier alpha value is -0.250. The molecule has 0 heterocycles. The van der Waals surface area contributed by atoms with Crippen molar-refractivity contribution in [3.05, 3.63) is 0 Å². The third kappa shape index (κ3) is 4.84. The highest BCUT2D eigenvalue weighted by Crippen LogP contribution is 2.17. The Labute approximate surface area is 93.7 Å². The summed E-state index contributed by atoms with van der Waals surface area (Å²) in [6.07, 6.45) is 6.59. The maximum atomic E-state index is 11.2. The minimum Gasteiger partial charge on any atom is -0.450 e. The van der Waals surface area contributed by atoms with Gasteiger partial charge in [-0.25, -0.2) is 4.79 Å². The van der Waals surface area contributed by atoms with Gasteiger partial charge in [-0.15, -0.1) is 0 Å². The summed E-state index contributed by atoms with van der Waals surface area (Å²) in [5, 5.41) is 3.78. The van der Waals surface area contributed by atoms with Gasteiger partial charge < -0.3 is 10.1 Å². The van der Waals surface area contributed by atoms with Crippen LogP contribution in [0.2, 0.25) is 0 Å². The lowest BCUT2D eigenvalue weighted by Crippen LogP contribution is -2.36. The summed E-state index contributed by atoms with van der Waals surface area (Å²) in [5.41, 5.74) is 0. The van der Waals surface area contributed by atoms with Gasteiger partial charge in [0.15, 0.2) is 0 Å². The van der Waals surface area contributed by atoms with Crippen LogP contribution in [-0.4, -0.2) is 24.1 Å². The molecule has 3 nitrogen and oxygen atoms in total. The van der Waals surface area contributed by atoms with Crippen LogP contribution in [0.4, 0.5) is 4.79 Å². The number of alkyl halides is 1. The van der Waals surface area contributed by atoms with Crippen LogP contribution in [0.25, 0.3) is 0 Å². The second kappa shape index (κ2) is 7.10. The minimum absolute atomic E-state index is 0.252. The third-order valence-corrected chi connectivity index (χ3v) is 3.00. The zero-order chi connectivity index (χ0) is 10.2. The molecule has 14 heavy (non-hydrogen) atoms. The Morgan fingerprint density at radius 3 is 2.71 bits per heavy atom. The SMILES string of the molecule is O=C(NC1CCCCC1)OCCCBr. The van der Waals surface area contributed by atoms with E-state index < -0.39 is 0 Å². The van der Waals surface area contributed by atoms with Gasteiger partial charge in [-0.2, -0.15) is 0 Å². The van der Waals surface area contributed by atoms with Crippen LogP contribution in [0.3, 0.4) is 0 Å². The number of alkyl carbamates (subject to hydrolysis) is 1. The number of carbonyl (C=O) groups excluding carboxylic acids is 1. The van der Waals surface area contributed by atoms with Crippen LogP contribution in [0.5, 0.6) is 0 Å². The maximum Gasteiger partial charge on any atom is 0.407 e. The quantitative estimate of drug-likeness (QED) is 0.626. The standard InChI is InChI=1S/C10H18BrNO2/c11-7-4-8-14-10(13)12-9-5-2-1-3-6-9/h9H,1-8H2,(H,12,13). The summed E-state index contributed by atoms with van der Waals surface area (Å²) in [4.78, 5) is 11.2. The fourth-order valence-electron chi connectivity index (χ4n) is 1.67. The van der Waals surface area contributed by atoms with Gasteiger partial charge in [-0.1, -0.05) is 35.2 Å². The minimum atomic E-state index is -0.252. The lowest BCUT2D eigenvalue weighted by atomic mass is 9.96. The van der Waals surface area contributed by atoms with Crippen LogP contribution < -0.4 is 5.32 Å². The largest absolute Gasteiger partial charge is 0.450 e. The molecule has 1 N–H and O–H groups in total. The zero-order valence-electron chi connectivity index (χ0n) is 8.43. The molecule has 82 valence electrons. The fourth-order valence-corrected chi connectivity index (χ4v) is 1.90. The van der Waals surface area contributed by atoms with Crippen molar-refractivity contribution >= 4 is 22.0 Å². The predicted octanol–water partition coefficient (Wildman–Crippen LogP) is 2.83. The number of ether oxygens (including phenoxy) is 1. The van der Waals surface area contributed by atoms with Crippen molar-refractivity contribution in [1.82, 2.24) is 5.32 Å². The highest BCUT2D eigenvalue weighted by atomic mass is 79.9. The molecule has 4 heteroatoms. The van der Waals surface area contributed by atoms with Gasteiger partial charge in [0.1, 0.15) is 0 Å². The van der Waals surface area contributed by atoms with Gasteiger partial charge in [-0.05, 0) is 19.3 Å². The van der Waals surface area contributed by atoms with Crippen LogP contribution >= 0.6 is 15.9 Å². The smallest absolute Gasteiger partial charge is 0.407 e. The summed E-state index contributed by atoms with van der Waals surface area (Å²) in [6.45, 7) is 0.504. The van der Waals surface area contributed by atoms with E-state index in [0.717, 1.165) is 24.6 Å². The first-order chi connectivity index (χ1) is 6.83. The molecule has 0 saturated heterocycles. The summed E-state index contributed by atoms with van der Waals surface area (Å²) in [6, 6.07) is 0.347. The second-order valence-corrected chi connectivity index (χ2v) is 4.45. The van der Waals surface area contributed by atoms with E-state index >= 15 is 0 Å². The zero-order valence-corrected chi connectivity index (χ0v) is 10.0. The Kier molecular flexibility index (Phi) is 5.99. The number of hydrogen-bond donors (Lipinski definition) is 1. The van der Waals surface area contributed by atoms with Crippen molar-refractivity contribution in [2.45, 2.75) is 44.6 Å². The third-order valence-electron chi connectivity index (χ3n) is 2.44. The van der Waals surface area contributed by atoms with Crippen molar-refractivity contribution in [3.8, 4) is 0 Å². The maximum absolute atomic E-state index is 11.2. The Morgan fingerprint density at radius 1 is 1.36 bits per heavy atom. The summed E-state index contributed by atoms with van der Waals surface area (Å²) >= 11 is 3.29. The van der Waals surface area contributed by atoms with E-state index in [-0.39, 0.29) is 6.09 Å². The lowest BCUT2D eigenvalue weighted by molar-refractivity contribution is 0.140. The van der Waals surface area contributed by atoms with Crippen LogP contribution in [-0.2, 0) is 4.74 Å². The molecule has 0 radical (unpaired) electrons. The van der Waals surface area contributed by atoms with E-state index in [0.29, 0.717) is 12.6 Å². The van der Waals surface area contributed by atoms with Crippen molar-refractivity contribution < 1.29 is 9.53 Å². The molecule has 1 rings (SSSR count). The highest BCUT2D eigenvalue weighted by molar-refractivity contribution is 9.09. The topological polar surface area (TPSA) is 38.3 Å². The summed E-state index contributed by atoms with van der Waals surface area (Å²) in [5.74, 6) is 0. The molecular weight excluding hydrogens is 246 g/mol. The van der Waals surface area contributed by atoms with Gasteiger partial charge in [0, 0.05) is 11.4 Å². The molecular formula is C10H18BrNO2. The molecule has 0 aromatic heterocycles. The van der Waals surface area contributed by atoms with E-state index in [9.17, 15) is 4.79 Å². The first-order valence-electron chi connectivity index (χ1n) is 5.32. The molecule has 0 bridgehead atoms. The molecule has 0 atom stereocenters. The Balaban J connectivity index is 2.06. The van der Waals surface area contributed by atoms with Crippen LogP contribution in [0, 0.1) is 0 Å². The second-order valence-electron chi connectivity index (χ2n) is 3.66. The first kappa shape index (κ1) is 11.8. The average Bonchev–Trinajstić information content (AvgIpc) is 2.20. The van der Waals surface area contributed by atoms with E-state index in [4.69, 9.17) is 4.74 Å². The molecule has 1 aliphatic rings. The number of hydrogen-bond acceptors (Lipinski definition) is 2. The number of rotatable bonds is 4. The normalized spacial score (nSPS) is 17.8. The Bertz CT molecular complexity index is 170. The van der Waals surface area contributed by atoms with Crippen molar-refractivity contribution in [2.24, 2.45) is 0 Å². The molecule has 0 aromatic carbocycles. The molecule has 1 aliphatic carbocycles. The number of nitrogens with one attached hydrogen (secondary N) is 1. The molecule has 0 aromatic rings. The Morgan fingerprint density at radius 2 is 2.07 bits per heavy atom. The van der Waals surface area contributed by atoms with Gasteiger partial charge >= 0.3 is 6.09 Å². The monoisotopic (exact) mass is 263 g/mol. The summed E-state index contributed by atoms with van der Waals surface area (Å²) in [7, 11) is 0. The van der Waals surface area contributed by atoms with Gasteiger partial charge in [0.2, 0.25) is 0 Å². The van der Waals surface area contributed by atoms with Gasteiger partial charge in [0.25, 0.3) is 0 Å². The molecule has 0 spiro atoms. The van der Waals surface area contributed by atoms with Crippen molar-refractivity contribution in [3.63, 3.8) is 0 Å². The van der Waals surface area contributed by atoms with Crippen molar-refractivity contribution in [2.75, 3.05) is 11.9 Å². The predicted molar refractivity (Wildman–Crippen MR) is 59.8 cm³/mol. The first-order valence-corrected chi connectivity index (χ1v) is 6.44.